The molecule has 2 aromatic rings. The Labute approximate surface area is 163 Å². The van der Waals surface area contributed by atoms with Crippen molar-refractivity contribution in [2.45, 2.75) is 32.0 Å². The van der Waals surface area contributed by atoms with Gasteiger partial charge in [-0.3, -0.25) is 14.6 Å². The summed E-state index contributed by atoms with van der Waals surface area (Å²) < 4.78 is 3.01. The summed E-state index contributed by atoms with van der Waals surface area (Å²) in [4.78, 5) is 6.87. The molecule has 2 N–H and O–H groups in total. The number of guanidine groups is 1. The minimum Gasteiger partial charge on any atom is -0.354 e. The van der Waals surface area contributed by atoms with Crippen molar-refractivity contribution in [1.29, 1.82) is 0 Å². The molecule has 1 aliphatic rings. The maximum atomic E-state index is 4.35. The van der Waals surface area contributed by atoms with Gasteiger partial charge in [0.25, 0.3) is 0 Å². The number of benzene rings is 1. The third kappa shape index (κ3) is 5.32. The van der Waals surface area contributed by atoms with Crippen molar-refractivity contribution in [3.05, 3.63) is 52.3 Å². The molecule has 0 bridgehead atoms. The van der Waals surface area contributed by atoms with Crippen molar-refractivity contribution in [1.82, 2.24) is 25.3 Å². The number of halogens is 1. The maximum Gasteiger partial charge on any atom is 0.191 e. The van der Waals surface area contributed by atoms with Gasteiger partial charge in [-0.1, -0.05) is 28.1 Å². The van der Waals surface area contributed by atoms with Gasteiger partial charge in [-0.15, -0.1) is 0 Å². The van der Waals surface area contributed by atoms with Crippen molar-refractivity contribution < 1.29 is 0 Å². The van der Waals surface area contributed by atoms with Crippen molar-refractivity contribution >= 4 is 21.9 Å². The molecule has 6 nitrogen and oxygen atoms in total. The first-order valence-corrected chi connectivity index (χ1v) is 9.84. The van der Waals surface area contributed by atoms with E-state index in [4.69, 9.17) is 0 Å². The Balaban J connectivity index is 1.42. The number of aromatic nitrogens is 2. The van der Waals surface area contributed by atoms with E-state index in [9.17, 15) is 0 Å². The Hall–Kier alpha value is -1.86. The number of piperidine rings is 1. The van der Waals surface area contributed by atoms with Crippen LogP contribution >= 0.6 is 15.9 Å². The number of nitrogens with one attached hydrogen (secondary N) is 2. The highest BCUT2D eigenvalue weighted by Crippen LogP contribution is 2.16. The lowest BCUT2D eigenvalue weighted by atomic mass is 10.0. The minimum atomic E-state index is 0.467. The van der Waals surface area contributed by atoms with Crippen molar-refractivity contribution in [2.24, 2.45) is 12.0 Å². The van der Waals surface area contributed by atoms with E-state index in [-0.39, 0.29) is 0 Å². The first-order chi connectivity index (χ1) is 12.6. The first-order valence-electron chi connectivity index (χ1n) is 9.05. The fourth-order valence-corrected chi connectivity index (χ4v) is 3.48. The molecule has 2 heterocycles. The molecule has 0 unspecified atom stereocenters. The van der Waals surface area contributed by atoms with Crippen molar-refractivity contribution in [3.8, 4) is 0 Å². The SMILES string of the molecule is CN=C(NCc1ccnn1C)NC1CCN(Cc2ccc(Br)cc2)CC1. The van der Waals surface area contributed by atoms with E-state index in [1.54, 1.807) is 0 Å². The Morgan fingerprint density at radius 2 is 1.96 bits per heavy atom. The molecule has 7 heteroatoms. The highest BCUT2D eigenvalue weighted by molar-refractivity contribution is 9.10. The van der Waals surface area contributed by atoms with E-state index in [1.165, 1.54) is 5.56 Å². The van der Waals surface area contributed by atoms with Gasteiger partial charge in [0.05, 0.1) is 12.2 Å². The molecule has 1 saturated heterocycles. The van der Waals surface area contributed by atoms with E-state index in [2.05, 4.69) is 65.8 Å². The van der Waals surface area contributed by atoms with E-state index < -0.39 is 0 Å². The van der Waals surface area contributed by atoms with Crippen LogP contribution in [0.1, 0.15) is 24.1 Å². The predicted molar refractivity (Wildman–Crippen MR) is 109 cm³/mol. The Morgan fingerprint density at radius 3 is 2.58 bits per heavy atom. The van der Waals surface area contributed by atoms with Gasteiger partial charge >= 0.3 is 0 Å². The summed E-state index contributed by atoms with van der Waals surface area (Å²) in [7, 11) is 3.77. The molecule has 0 atom stereocenters. The molecule has 1 aromatic heterocycles. The van der Waals surface area contributed by atoms with Crippen LogP contribution in [0.25, 0.3) is 0 Å². The zero-order valence-corrected chi connectivity index (χ0v) is 17.0. The van der Waals surface area contributed by atoms with Gasteiger partial charge in [0, 0.05) is 50.4 Å². The second-order valence-corrected chi connectivity index (χ2v) is 7.61. The monoisotopic (exact) mass is 418 g/mol. The predicted octanol–water partition coefficient (Wildman–Crippen LogP) is 2.51. The smallest absolute Gasteiger partial charge is 0.191 e. The highest BCUT2D eigenvalue weighted by Gasteiger charge is 2.20. The van der Waals surface area contributed by atoms with Crippen LogP contribution in [-0.2, 0) is 20.1 Å². The molecular formula is C19H27BrN6. The quantitative estimate of drug-likeness (QED) is 0.578. The average molecular weight is 419 g/mol. The van der Waals surface area contributed by atoms with Gasteiger partial charge in [0.2, 0.25) is 0 Å². The van der Waals surface area contributed by atoms with Gasteiger partial charge in [-0.2, -0.15) is 5.10 Å². The molecule has 0 radical (unpaired) electrons. The van der Waals surface area contributed by atoms with Crippen LogP contribution in [-0.4, -0.2) is 46.8 Å². The number of aryl methyl sites for hydroxylation is 1. The van der Waals surface area contributed by atoms with Gasteiger partial charge in [0.15, 0.2) is 5.96 Å². The maximum absolute atomic E-state index is 4.35. The molecule has 0 spiro atoms. The molecule has 1 aliphatic heterocycles. The van der Waals surface area contributed by atoms with Crippen LogP contribution in [0, 0.1) is 0 Å². The normalized spacial score (nSPS) is 16.7. The summed E-state index contributed by atoms with van der Waals surface area (Å²) >= 11 is 3.49. The highest BCUT2D eigenvalue weighted by atomic mass is 79.9. The minimum absolute atomic E-state index is 0.467. The number of rotatable bonds is 5. The molecule has 0 amide bonds. The topological polar surface area (TPSA) is 57.5 Å². The molecular weight excluding hydrogens is 392 g/mol. The fourth-order valence-electron chi connectivity index (χ4n) is 3.22. The Kier molecular flexibility index (Phi) is 6.68. The van der Waals surface area contributed by atoms with E-state index in [1.807, 2.05) is 31.0 Å². The van der Waals surface area contributed by atoms with Gasteiger partial charge in [0.1, 0.15) is 0 Å². The summed E-state index contributed by atoms with van der Waals surface area (Å²) in [6.07, 6.45) is 4.07. The summed E-state index contributed by atoms with van der Waals surface area (Å²) in [6.45, 7) is 3.95. The van der Waals surface area contributed by atoms with Crippen LogP contribution < -0.4 is 10.6 Å². The number of nitrogens with zero attached hydrogens (tertiary/aromatic N) is 4. The molecule has 0 saturated carbocycles. The zero-order chi connectivity index (χ0) is 18.4. The molecule has 0 aliphatic carbocycles. The lowest BCUT2D eigenvalue weighted by Gasteiger charge is -2.33. The van der Waals surface area contributed by atoms with Gasteiger partial charge < -0.3 is 10.6 Å². The first kappa shape index (κ1) is 18.9. The van der Waals surface area contributed by atoms with Crippen molar-refractivity contribution in [3.63, 3.8) is 0 Å². The summed E-state index contributed by atoms with van der Waals surface area (Å²) in [6, 6.07) is 11.1. The lowest BCUT2D eigenvalue weighted by Crippen LogP contribution is -2.48. The molecule has 1 fully saturated rings. The molecule has 140 valence electrons. The van der Waals surface area contributed by atoms with Crippen LogP contribution in [0.15, 0.2) is 46.0 Å². The van der Waals surface area contributed by atoms with Crippen LogP contribution in [0.3, 0.4) is 0 Å². The largest absolute Gasteiger partial charge is 0.354 e. The zero-order valence-electron chi connectivity index (χ0n) is 15.5. The third-order valence-corrected chi connectivity index (χ3v) is 5.36. The molecule has 3 rings (SSSR count). The number of likely N-dealkylation sites (tertiary alicyclic amines) is 1. The lowest BCUT2D eigenvalue weighted by molar-refractivity contribution is 0.198. The van der Waals surface area contributed by atoms with Gasteiger partial charge in [-0.25, -0.2) is 0 Å². The molecule has 1 aromatic carbocycles. The van der Waals surface area contributed by atoms with Crippen LogP contribution in [0.5, 0.6) is 0 Å². The molecule has 26 heavy (non-hydrogen) atoms. The van der Waals surface area contributed by atoms with E-state index >= 15 is 0 Å². The van der Waals surface area contributed by atoms with Crippen LogP contribution in [0.4, 0.5) is 0 Å². The third-order valence-electron chi connectivity index (χ3n) is 4.83. The average Bonchev–Trinajstić information content (AvgIpc) is 3.07. The fraction of sp³-hybridized carbons (Fsp3) is 0.474. The van der Waals surface area contributed by atoms with Crippen LogP contribution in [0.2, 0.25) is 0 Å². The Morgan fingerprint density at radius 1 is 1.23 bits per heavy atom. The summed E-state index contributed by atoms with van der Waals surface area (Å²) in [5.74, 6) is 0.859. The summed E-state index contributed by atoms with van der Waals surface area (Å²) in [5.41, 5.74) is 2.51. The standard InChI is InChI=1S/C19H27BrN6/c1-21-19(22-13-18-7-10-23-25(18)2)24-17-8-11-26(12-9-17)14-15-3-5-16(20)6-4-15/h3-7,10,17H,8-9,11-14H2,1-2H3,(H2,21,22,24). The second kappa shape index (κ2) is 9.19. The number of hydrogen-bond acceptors (Lipinski definition) is 3. The van der Waals surface area contributed by atoms with Gasteiger partial charge in [-0.05, 0) is 36.6 Å². The van der Waals surface area contributed by atoms with E-state index in [0.717, 1.165) is 55.1 Å². The number of aliphatic imine (C=N–C) groups is 1. The van der Waals surface area contributed by atoms with E-state index in [0.29, 0.717) is 6.04 Å². The number of hydrogen-bond donors (Lipinski definition) is 2. The second-order valence-electron chi connectivity index (χ2n) is 6.69. The summed E-state index contributed by atoms with van der Waals surface area (Å²) in [5, 5.41) is 11.1. The van der Waals surface area contributed by atoms with Crippen molar-refractivity contribution in [2.75, 3.05) is 20.1 Å². The Bertz CT molecular complexity index is 716.